The first-order chi connectivity index (χ1) is 11.7. The topological polar surface area (TPSA) is 58.6 Å². The van der Waals surface area contributed by atoms with Crippen molar-refractivity contribution in [1.82, 2.24) is 5.32 Å². The Morgan fingerprint density at radius 3 is 2.67 bits per heavy atom. The smallest absolute Gasteiger partial charge is 0.298 e. The van der Waals surface area contributed by atoms with Crippen LogP contribution in [0.3, 0.4) is 0 Å². The van der Waals surface area contributed by atoms with Crippen LogP contribution in [-0.2, 0) is 10.5 Å². The van der Waals surface area contributed by atoms with Gasteiger partial charge >= 0.3 is 0 Å². The number of para-hydroxylation sites is 2. The molecule has 0 saturated carbocycles. The van der Waals surface area contributed by atoms with Crippen LogP contribution in [-0.4, -0.2) is 18.4 Å². The van der Waals surface area contributed by atoms with Gasteiger partial charge in [0.25, 0.3) is 17.5 Å². The molecule has 1 N–H and O–H groups in total. The zero-order valence-electron chi connectivity index (χ0n) is 13.4. The summed E-state index contributed by atoms with van der Waals surface area (Å²) in [5, 5.41) is 2.81. The first-order valence-corrected chi connectivity index (χ1v) is 8.19. The van der Waals surface area contributed by atoms with E-state index in [9.17, 15) is 9.59 Å². The van der Waals surface area contributed by atoms with E-state index in [0.29, 0.717) is 23.4 Å². The predicted octanol–water partition coefficient (Wildman–Crippen LogP) is 2.81. The zero-order valence-corrected chi connectivity index (χ0v) is 13.4. The SMILES string of the molecule is CCCCN1C(=O)C2(NC(=O)c3ccccc3O2)c2ccccc21. The third-order valence-electron chi connectivity index (χ3n) is 4.54. The average Bonchev–Trinajstić information content (AvgIpc) is 2.82. The molecule has 2 amide bonds. The van der Waals surface area contributed by atoms with Crippen LogP contribution in [0.2, 0.25) is 0 Å². The van der Waals surface area contributed by atoms with E-state index in [1.54, 1.807) is 29.2 Å². The summed E-state index contributed by atoms with van der Waals surface area (Å²) < 4.78 is 6.08. The highest BCUT2D eigenvalue weighted by atomic mass is 16.5. The van der Waals surface area contributed by atoms with Crippen LogP contribution in [0.5, 0.6) is 5.75 Å². The molecule has 0 radical (unpaired) electrons. The van der Waals surface area contributed by atoms with Gasteiger partial charge in [0.15, 0.2) is 0 Å². The van der Waals surface area contributed by atoms with Gasteiger partial charge in [0.1, 0.15) is 5.75 Å². The van der Waals surface area contributed by atoms with Crippen LogP contribution >= 0.6 is 0 Å². The Bertz CT molecular complexity index is 833. The predicted molar refractivity (Wildman–Crippen MR) is 89.9 cm³/mol. The number of rotatable bonds is 3. The number of nitrogens with zero attached hydrogens (tertiary/aromatic N) is 1. The third kappa shape index (κ3) is 1.94. The second-order valence-electron chi connectivity index (χ2n) is 6.06. The monoisotopic (exact) mass is 322 g/mol. The number of ether oxygens (including phenoxy) is 1. The lowest BCUT2D eigenvalue weighted by Gasteiger charge is -2.34. The van der Waals surface area contributed by atoms with Crippen molar-refractivity contribution in [3.05, 3.63) is 59.7 Å². The molecule has 2 aromatic carbocycles. The van der Waals surface area contributed by atoms with Gasteiger partial charge in [0.2, 0.25) is 0 Å². The van der Waals surface area contributed by atoms with Crippen LogP contribution in [0.1, 0.15) is 35.7 Å². The molecule has 0 bridgehead atoms. The van der Waals surface area contributed by atoms with E-state index in [0.717, 1.165) is 18.5 Å². The van der Waals surface area contributed by atoms with Gasteiger partial charge < -0.3 is 15.0 Å². The molecule has 4 rings (SSSR count). The minimum Gasteiger partial charge on any atom is -0.453 e. The fourth-order valence-corrected chi connectivity index (χ4v) is 3.34. The van der Waals surface area contributed by atoms with Gasteiger partial charge in [0, 0.05) is 6.54 Å². The number of hydrogen-bond acceptors (Lipinski definition) is 3. The van der Waals surface area contributed by atoms with Crippen molar-refractivity contribution < 1.29 is 14.3 Å². The molecule has 1 atom stereocenters. The molecule has 2 heterocycles. The van der Waals surface area contributed by atoms with Crippen LogP contribution in [0.15, 0.2) is 48.5 Å². The van der Waals surface area contributed by atoms with Gasteiger partial charge in [-0.1, -0.05) is 43.7 Å². The summed E-state index contributed by atoms with van der Waals surface area (Å²) in [6.45, 7) is 2.69. The van der Waals surface area contributed by atoms with E-state index in [1.165, 1.54) is 0 Å². The lowest BCUT2D eigenvalue weighted by atomic mass is 10.0. The Morgan fingerprint density at radius 2 is 1.83 bits per heavy atom. The van der Waals surface area contributed by atoms with Gasteiger partial charge in [-0.2, -0.15) is 0 Å². The average molecular weight is 322 g/mol. The minimum atomic E-state index is -1.46. The van der Waals surface area contributed by atoms with Crippen molar-refractivity contribution >= 4 is 17.5 Å². The summed E-state index contributed by atoms with van der Waals surface area (Å²) in [4.78, 5) is 27.5. The Labute approximate surface area is 140 Å². The number of benzene rings is 2. The molecular formula is C19H18N2O3. The molecule has 0 aromatic heterocycles. The molecule has 1 spiro atoms. The van der Waals surface area contributed by atoms with Crippen LogP contribution in [0, 0.1) is 0 Å². The summed E-state index contributed by atoms with van der Waals surface area (Å²) >= 11 is 0. The molecule has 1 unspecified atom stereocenters. The molecule has 5 nitrogen and oxygen atoms in total. The lowest BCUT2D eigenvalue weighted by Crippen LogP contribution is -2.59. The molecule has 0 saturated heterocycles. The molecule has 0 fully saturated rings. The van der Waals surface area contributed by atoms with E-state index >= 15 is 0 Å². The Kier molecular flexibility index (Phi) is 3.30. The maximum atomic E-state index is 13.2. The number of carbonyl (C=O) groups is 2. The molecule has 2 aromatic rings. The van der Waals surface area contributed by atoms with Crippen molar-refractivity contribution in [3.8, 4) is 5.75 Å². The fraction of sp³-hybridized carbons (Fsp3) is 0.263. The highest BCUT2D eigenvalue weighted by molar-refractivity contribution is 6.11. The number of nitrogens with one attached hydrogen (secondary N) is 1. The summed E-state index contributed by atoms with van der Waals surface area (Å²) in [5.74, 6) is -0.0981. The van der Waals surface area contributed by atoms with Gasteiger partial charge in [0.05, 0.1) is 16.8 Å². The van der Waals surface area contributed by atoms with E-state index in [4.69, 9.17) is 4.74 Å². The van der Waals surface area contributed by atoms with Crippen LogP contribution in [0.25, 0.3) is 0 Å². The number of unbranched alkanes of at least 4 members (excludes halogenated alkanes) is 1. The number of carbonyl (C=O) groups excluding carboxylic acids is 2. The molecule has 0 aliphatic carbocycles. The molecule has 24 heavy (non-hydrogen) atoms. The molecule has 122 valence electrons. The molecule has 5 heteroatoms. The maximum absolute atomic E-state index is 13.2. The van der Waals surface area contributed by atoms with Gasteiger partial charge in [-0.15, -0.1) is 0 Å². The molecular weight excluding hydrogens is 304 g/mol. The quantitative estimate of drug-likeness (QED) is 0.945. The van der Waals surface area contributed by atoms with Gasteiger partial charge in [-0.05, 0) is 24.6 Å². The van der Waals surface area contributed by atoms with Crippen LogP contribution < -0.4 is 15.0 Å². The van der Waals surface area contributed by atoms with Gasteiger partial charge in [-0.25, -0.2) is 0 Å². The van der Waals surface area contributed by atoms with E-state index in [-0.39, 0.29) is 11.8 Å². The van der Waals surface area contributed by atoms with Crippen LogP contribution in [0.4, 0.5) is 5.69 Å². The summed E-state index contributed by atoms with van der Waals surface area (Å²) in [6, 6.07) is 14.5. The fourth-order valence-electron chi connectivity index (χ4n) is 3.34. The normalized spacial score (nSPS) is 21.3. The Hall–Kier alpha value is -2.82. The molecule has 2 aliphatic rings. The summed E-state index contributed by atoms with van der Waals surface area (Å²) in [6.07, 6.45) is 1.87. The maximum Gasteiger partial charge on any atom is 0.298 e. The van der Waals surface area contributed by atoms with E-state index in [2.05, 4.69) is 12.2 Å². The van der Waals surface area contributed by atoms with Gasteiger partial charge in [-0.3, -0.25) is 9.59 Å². The Balaban J connectivity index is 1.84. The van der Waals surface area contributed by atoms with Crippen molar-refractivity contribution in [2.24, 2.45) is 0 Å². The largest absolute Gasteiger partial charge is 0.453 e. The first-order valence-electron chi connectivity index (χ1n) is 8.19. The van der Waals surface area contributed by atoms with Crippen molar-refractivity contribution in [3.63, 3.8) is 0 Å². The second kappa shape index (κ2) is 5.37. The number of hydrogen-bond donors (Lipinski definition) is 1. The highest BCUT2D eigenvalue weighted by Gasteiger charge is 2.56. The number of anilines is 1. The molecule has 2 aliphatic heterocycles. The standard InChI is InChI=1S/C19H18N2O3/c1-2-3-12-21-15-10-6-5-9-14(15)19(18(21)23)20-17(22)13-8-4-7-11-16(13)24-19/h4-11H,2-3,12H2,1H3,(H,20,22). The number of fused-ring (bicyclic) bond motifs is 3. The van der Waals surface area contributed by atoms with E-state index in [1.807, 2.05) is 24.3 Å². The van der Waals surface area contributed by atoms with Crippen molar-refractivity contribution in [2.75, 3.05) is 11.4 Å². The van der Waals surface area contributed by atoms with Crippen molar-refractivity contribution in [1.29, 1.82) is 0 Å². The zero-order chi connectivity index (χ0) is 16.7. The highest BCUT2D eigenvalue weighted by Crippen LogP contribution is 2.44. The lowest BCUT2D eigenvalue weighted by molar-refractivity contribution is -0.136. The van der Waals surface area contributed by atoms with E-state index < -0.39 is 5.72 Å². The van der Waals surface area contributed by atoms with Crippen molar-refractivity contribution in [2.45, 2.75) is 25.5 Å². The second-order valence-corrected chi connectivity index (χ2v) is 6.06. The third-order valence-corrected chi connectivity index (χ3v) is 4.54. The summed E-state index contributed by atoms with van der Waals surface area (Å²) in [5.41, 5.74) is 0.473. The summed E-state index contributed by atoms with van der Waals surface area (Å²) in [7, 11) is 0. The minimum absolute atomic E-state index is 0.236. The Morgan fingerprint density at radius 1 is 1.08 bits per heavy atom. The number of amides is 2. The first kappa shape index (κ1) is 14.8.